The van der Waals surface area contributed by atoms with E-state index in [1.807, 2.05) is 42.5 Å². The monoisotopic (exact) mass is 253 g/mol. The van der Waals surface area contributed by atoms with Gasteiger partial charge >= 0.3 is 7.12 Å². The van der Waals surface area contributed by atoms with Crippen LogP contribution in [0, 0.1) is 0 Å². The summed E-state index contributed by atoms with van der Waals surface area (Å²) in [5.41, 5.74) is 3.17. The van der Waals surface area contributed by atoms with Gasteiger partial charge in [-0.2, -0.15) is 0 Å². The third-order valence-corrected chi connectivity index (χ3v) is 3.21. The van der Waals surface area contributed by atoms with Crippen LogP contribution < -0.4 is 10.4 Å². The fourth-order valence-electron chi connectivity index (χ4n) is 2.21. The lowest BCUT2D eigenvalue weighted by Crippen LogP contribution is -2.29. The van der Waals surface area contributed by atoms with Gasteiger partial charge in [-0.25, -0.2) is 0 Å². The Bertz CT molecular complexity index is 603. The molecule has 0 bridgehead atoms. The van der Waals surface area contributed by atoms with E-state index in [0.717, 1.165) is 23.1 Å². The molecular formula is C14H12BNO3. The Balaban J connectivity index is 2.01. The number of anilines is 2. The average Bonchev–Trinajstić information content (AvgIpc) is 2.82. The van der Waals surface area contributed by atoms with Crippen LogP contribution in [-0.2, 0) is 16.1 Å². The summed E-state index contributed by atoms with van der Waals surface area (Å²) >= 11 is 0. The van der Waals surface area contributed by atoms with Gasteiger partial charge in [0.25, 0.3) is 0 Å². The Morgan fingerprint density at radius 1 is 1.16 bits per heavy atom. The number of benzene rings is 2. The van der Waals surface area contributed by atoms with Crippen LogP contribution >= 0.6 is 0 Å². The molecule has 94 valence electrons. The van der Waals surface area contributed by atoms with Gasteiger partial charge in [-0.05, 0) is 35.3 Å². The second-order valence-corrected chi connectivity index (χ2v) is 4.36. The summed E-state index contributed by atoms with van der Waals surface area (Å²) in [6.07, 6.45) is 0.763. The number of amides is 1. The van der Waals surface area contributed by atoms with E-state index in [1.54, 1.807) is 6.07 Å². The molecule has 1 amide bonds. The van der Waals surface area contributed by atoms with Crippen molar-refractivity contribution in [3.63, 3.8) is 0 Å². The van der Waals surface area contributed by atoms with Crippen molar-refractivity contribution in [3.8, 4) is 0 Å². The normalized spacial score (nSPS) is 13.2. The van der Waals surface area contributed by atoms with E-state index in [0.29, 0.717) is 12.3 Å². The van der Waals surface area contributed by atoms with Crippen LogP contribution in [0.5, 0.6) is 0 Å². The lowest BCUT2D eigenvalue weighted by Gasteiger charge is -2.18. The molecule has 0 fully saturated rings. The molecule has 1 heterocycles. The number of hydrogen-bond acceptors (Lipinski definition) is 3. The summed E-state index contributed by atoms with van der Waals surface area (Å²) in [4.78, 5) is 12.9. The molecule has 1 aliphatic rings. The first kappa shape index (κ1) is 12.0. The first-order valence-corrected chi connectivity index (χ1v) is 6.01. The van der Waals surface area contributed by atoms with Gasteiger partial charge < -0.3 is 9.68 Å². The Morgan fingerprint density at radius 3 is 2.68 bits per heavy atom. The predicted octanol–water partition coefficient (Wildman–Crippen LogP) is 1.20. The van der Waals surface area contributed by atoms with Gasteiger partial charge in [0.05, 0.1) is 6.61 Å². The van der Waals surface area contributed by atoms with Crippen LogP contribution in [0.25, 0.3) is 0 Å². The third kappa shape index (κ3) is 2.14. The number of rotatable bonds is 3. The van der Waals surface area contributed by atoms with E-state index < -0.39 is 7.12 Å². The van der Waals surface area contributed by atoms with Crippen molar-refractivity contribution in [2.24, 2.45) is 0 Å². The van der Waals surface area contributed by atoms with Crippen LogP contribution in [0.15, 0.2) is 48.5 Å². The van der Waals surface area contributed by atoms with E-state index in [2.05, 4.69) is 0 Å². The lowest BCUT2D eigenvalue weighted by atomic mass is 9.79. The van der Waals surface area contributed by atoms with Gasteiger partial charge in [-0.15, -0.1) is 0 Å². The van der Waals surface area contributed by atoms with E-state index >= 15 is 0 Å². The topological polar surface area (TPSA) is 49.8 Å². The highest BCUT2D eigenvalue weighted by atomic mass is 16.5. The molecule has 4 nitrogen and oxygen atoms in total. The zero-order chi connectivity index (χ0) is 13.2. The fraction of sp³-hybridized carbons (Fsp3) is 0.0714. The molecule has 3 rings (SSSR count). The predicted molar refractivity (Wildman–Crippen MR) is 73.5 cm³/mol. The molecule has 1 aliphatic heterocycles. The first-order chi connectivity index (χ1) is 9.29. The van der Waals surface area contributed by atoms with E-state index in [9.17, 15) is 9.82 Å². The average molecular weight is 253 g/mol. The fourth-order valence-corrected chi connectivity index (χ4v) is 2.21. The largest absolute Gasteiger partial charge is 0.491 e. The van der Waals surface area contributed by atoms with E-state index in [1.165, 1.54) is 4.90 Å². The maximum absolute atomic E-state index is 11.3. The molecule has 0 atom stereocenters. The summed E-state index contributed by atoms with van der Waals surface area (Å²) in [7, 11) is -0.903. The number of hydrogen-bond donors (Lipinski definition) is 1. The Hall–Kier alpha value is -2.11. The minimum atomic E-state index is -0.903. The van der Waals surface area contributed by atoms with E-state index in [-0.39, 0.29) is 0 Å². The second kappa shape index (κ2) is 4.88. The highest BCUT2D eigenvalue weighted by Gasteiger charge is 2.27. The van der Waals surface area contributed by atoms with Crippen molar-refractivity contribution >= 4 is 30.4 Å². The molecule has 0 spiro atoms. The van der Waals surface area contributed by atoms with Crippen LogP contribution in [-0.4, -0.2) is 18.6 Å². The summed E-state index contributed by atoms with van der Waals surface area (Å²) in [5, 5.41) is 9.70. The molecule has 0 saturated heterocycles. The number of nitrogens with zero attached hydrogens (tertiary/aromatic N) is 1. The Kier molecular flexibility index (Phi) is 3.07. The summed E-state index contributed by atoms with van der Waals surface area (Å²) in [5.74, 6) is 0. The quantitative estimate of drug-likeness (QED) is 0.660. The van der Waals surface area contributed by atoms with Crippen LogP contribution in [0.2, 0.25) is 0 Å². The third-order valence-electron chi connectivity index (χ3n) is 3.21. The number of carbonyl (C=O) groups is 1. The number of fused-ring (bicyclic) bond motifs is 1. The molecule has 0 unspecified atom stereocenters. The molecule has 0 aromatic heterocycles. The summed E-state index contributed by atoms with van der Waals surface area (Å²) in [6, 6.07) is 14.9. The minimum absolute atomic E-state index is 0.406. The molecule has 0 aliphatic carbocycles. The van der Waals surface area contributed by atoms with Crippen molar-refractivity contribution in [2.45, 2.75) is 6.61 Å². The summed E-state index contributed by atoms with van der Waals surface area (Å²) < 4.78 is 5.15. The highest BCUT2D eigenvalue weighted by Crippen LogP contribution is 2.24. The van der Waals surface area contributed by atoms with Gasteiger partial charge in [0.15, 0.2) is 0 Å². The molecule has 1 N–H and O–H groups in total. The van der Waals surface area contributed by atoms with Gasteiger partial charge in [0.2, 0.25) is 6.41 Å². The maximum atomic E-state index is 11.3. The Morgan fingerprint density at radius 2 is 1.95 bits per heavy atom. The molecular weight excluding hydrogens is 241 g/mol. The Labute approximate surface area is 111 Å². The van der Waals surface area contributed by atoms with E-state index in [4.69, 9.17) is 4.65 Å². The smallest absolute Gasteiger partial charge is 0.423 e. The highest BCUT2D eigenvalue weighted by molar-refractivity contribution is 6.61. The van der Waals surface area contributed by atoms with Crippen molar-refractivity contribution in [3.05, 3.63) is 54.1 Å². The number of carbonyl (C=O) groups excluding carboxylic acids is 1. The van der Waals surface area contributed by atoms with Crippen molar-refractivity contribution in [1.82, 2.24) is 0 Å². The standard InChI is InChI=1S/C14H12BNO3/c17-10-16(12-4-2-1-3-5-12)13-7-6-11-9-19-15(18)14(11)8-13/h1-8,10,18H,9H2. The number of para-hydroxylation sites is 1. The van der Waals surface area contributed by atoms with Gasteiger partial charge in [0, 0.05) is 11.4 Å². The molecule has 0 radical (unpaired) electrons. The van der Waals surface area contributed by atoms with Crippen molar-refractivity contribution < 1.29 is 14.5 Å². The van der Waals surface area contributed by atoms with Gasteiger partial charge in [-0.3, -0.25) is 9.69 Å². The second-order valence-electron chi connectivity index (χ2n) is 4.36. The molecule has 0 saturated carbocycles. The van der Waals surface area contributed by atoms with Crippen molar-refractivity contribution in [2.75, 3.05) is 4.90 Å². The lowest BCUT2D eigenvalue weighted by molar-refractivity contribution is -0.106. The first-order valence-electron chi connectivity index (χ1n) is 6.01. The van der Waals surface area contributed by atoms with Gasteiger partial charge in [-0.1, -0.05) is 24.3 Å². The minimum Gasteiger partial charge on any atom is -0.423 e. The molecule has 19 heavy (non-hydrogen) atoms. The van der Waals surface area contributed by atoms with Gasteiger partial charge in [0.1, 0.15) is 0 Å². The zero-order valence-corrected chi connectivity index (χ0v) is 10.2. The van der Waals surface area contributed by atoms with Crippen LogP contribution in [0.4, 0.5) is 11.4 Å². The molecule has 5 heteroatoms. The van der Waals surface area contributed by atoms with Crippen molar-refractivity contribution in [1.29, 1.82) is 0 Å². The molecule has 2 aromatic carbocycles. The van der Waals surface area contributed by atoms with Crippen LogP contribution in [0.3, 0.4) is 0 Å². The maximum Gasteiger partial charge on any atom is 0.491 e. The van der Waals surface area contributed by atoms with Crippen LogP contribution in [0.1, 0.15) is 5.56 Å². The summed E-state index contributed by atoms with van der Waals surface area (Å²) in [6.45, 7) is 0.406. The zero-order valence-electron chi connectivity index (χ0n) is 10.2. The molecule has 2 aromatic rings. The SMILES string of the molecule is O=CN(c1ccccc1)c1ccc2c(c1)B(O)OC2.